The third-order valence-corrected chi connectivity index (χ3v) is 3.28. The molecule has 0 radical (unpaired) electrons. The van der Waals surface area contributed by atoms with Gasteiger partial charge in [0.05, 0.1) is 11.4 Å². The number of carbonyl (C=O) groups is 1. The van der Waals surface area contributed by atoms with E-state index in [1.54, 1.807) is 24.7 Å². The number of aromatic amines is 1. The fraction of sp³-hybridized carbons (Fsp3) is 0.176. The second kappa shape index (κ2) is 7.87. The number of amides is 1. The fourth-order valence-corrected chi connectivity index (χ4v) is 2.08. The van der Waals surface area contributed by atoms with Crippen molar-refractivity contribution in [3.63, 3.8) is 0 Å². The molecule has 0 saturated heterocycles. The summed E-state index contributed by atoms with van der Waals surface area (Å²) >= 11 is 0. The molecule has 0 bridgehead atoms. The maximum Gasteiger partial charge on any atom is 0.271 e. The molecule has 2 N–H and O–H groups in total. The zero-order chi connectivity index (χ0) is 16.6. The topological polar surface area (TPSA) is 92.8 Å². The summed E-state index contributed by atoms with van der Waals surface area (Å²) in [5, 5.41) is 9.62. The van der Waals surface area contributed by atoms with Gasteiger partial charge in [-0.05, 0) is 18.2 Å². The van der Waals surface area contributed by atoms with Crippen molar-refractivity contribution in [2.75, 3.05) is 6.54 Å². The Labute approximate surface area is 139 Å². The highest BCUT2D eigenvalue weighted by Crippen LogP contribution is 2.11. The molecule has 0 aliphatic rings. The van der Waals surface area contributed by atoms with E-state index in [0.717, 1.165) is 17.1 Å². The minimum atomic E-state index is -0.235. The van der Waals surface area contributed by atoms with Crippen LogP contribution in [0.4, 0.5) is 0 Å². The first-order chi connectivity index (χ1) is 11.8. The maximum absolute atomic E-state index is 12.1. The van der Waals surface area contributed by atoms with Gasteiger partial charge >= 0.3 is 0 Å². The van der Waals surface area contributed by atoms with Crippen molar-refractivity contribution in [2.45, 2.75) is 13.0 Å². The standard InChI is InChI=1S/C17H17N5O2/c23-17(20-7-6-13-11-18-8-9-19-13)16-10-14(21-22-16)12-24-15-4-2-1-3-5-15/h1-5,8-11H,6-7,12H2,(H,20,23)(H,21,22). The number of nitrogens with one attached hydrogen (secondary N) is 2. The molecule has 0 aliphatic heterocycles. The lowest BCUT2D eigenvalue weighted by atomic mass is 10.3. The summed E-state index contributed by atoms with van der Waals surface area (Å²) in [7, 11) is 0. The van der Waals surface area contributed by atoms with E-state index in [4.69, 9.17) is 4.74 Å². The molecule has 24 heavy (non-hydrogen) atoms. The summed E-state index contributed by atoms with van der Waals surface area (Å²) in [6.45, 7) is 0.796. The van der Waals surface area contributed by atoms with Crippen LogP contribution in [0.2, 0.25) is 0 Å². The molecule has 7 heteroatoms. The third kappa shape index (κ3) is 4.39. The van der Waals surface area contributed by atoms with Crippen molar-refractivity contribution in [3.05, 3.63) is 72.1 Å². The summed E-state index contributed by atoms with van der Waals surface area (Å²) < 4.78 is 5.61. The van der Waals surface area contributed by atoms with Crippen LogP contribution in [0.25, 0.3) is 0 Å². The van der Waals surface area contributed by atoms with Gasteiger partial charge in [0, 0.05) is 31.6 Å². The molecule has 2 aromatic heterocycles. The summed E-state index contributed by atoms with van der Waals surface area (Å²) in [5.74, 6) is 0.531. The number of hydrogen-bond donors (Lipinski definition) is 2. The fourth-order valence-electron chi connectivity index (χ4n) is 2.08. The highest BCUT2D eigenvalue weighted by Gasteiger charge is 2.10. The van der Waals surface area contributed by atoms with Crippen molar-refractivity contribution < 1.29 is 9.53 Å². The van der Waals surface area contributed by atoms with Gasteiger partial charge in [-0.2, -0.15) is 5.10 Å². The lowest BCUT2D eigenvalue weighted by molar-refractivity contribution is 0.0949. The van der Waals surface area contributed by atoms with E-state index in [2.05, 4.69) is 25.5 Å². The first-order valence-corrected chi connectivity index (χ1v) is 7.56. The molecular formula is C17H17N5O2. The lowest BCUT2D eigenvalue weighted by Crippen LogP contribution is -2.26. The van der Waals surface area contributed by atoms with E-state index in [9.17, 15) is 4.79 Å². The Kier molecular flexibility index (Phi) is 5.14. The number of ether oxygens (including phenoxy) is 1. The van der Waals surface area contributed by atoms with Crippen LogP contribution in [-0.2, 0) is 13.0 Å². The first kappa shape index (κ1) is 15.7. The van der Waals surface area contributed by atoms with Crippen LogP contribution in [-0.4, -0.2) is 32.6 Å². The Hall–Kier alpha value is -3.22. The van der Waals surface area contributed by atoms with Crippen molar-refractivity contribution in [1.82, 2.24) is 25.5 Å². The van der Waals surface area contributed by atoms with Crippen LogP contribution in [0, 0.1) is 0 Å². The number of carbonyl (C=O) groups excluding carboxylic acids is 1. The van der Waals surface area contributed by atoms with Gasteiger partial charge in [0.15, 0.2) is 0 Å². The van der Waals surface area contributed by atoms with Crippen molar-refractivity contribution in [3.8, 4) is 5.75 Å². The lowest BCUT2D eigenvalue weighted by Gasteiger charge is -2.03. The normalized spacial score (nSPS) is 10.3. The number of hydrogen-bond acceptors (Lipinski definition) is 5. The van der Waals surface area contributed by atoms with Gasteiger partial charge in [0.2, 0.25) is 0 Å². The monoisotopic (exact) mass is 323 g/mol. The Morgan fingerprint density at radius 2 is 2.08 bits per heavy atom. The van der Waals surface area contributed by atoms with Gasteiger partial charge in [0.1, 0.15) is 18.1 Å². The molecule has 0 saturated carbocycles. The Balaban J connectivity index is 1.46. The zero-order valence-electron chi connectivity index (χ0n) is 13.0. The quantitative estimate of drug-likeness (QED) is 0.691. The molecule has 1 aromatic carbocycles. The largest absolute Gasteiger partial charge is 0.487 e. The van der Waals surface area contributed by atoms with E-state index in [1.165, 1.54) is 0 Å². The molecular weight excluding hydrogens is 306 g/mol. The van der Waals surface area contributed by atoms with Gasteiger partial charge in [-0.1, -0.05) is 18.2 Å². The second-order valence-electron chi connectivity index (χ2n) is 5.08. The van der Waals surface area contributed by atoms with E-state index >= 15 is 0 Å². The minimum Gasteiger partial charge on any atom is -0.487 e. The molecule has 0 aliphatic carbocycles. The average molecular weight is 323 g/mol. The highest BCUT2D eigenvalue weighted by atomic mass is 16.5. The predicted molar refractivity (Wildman–Crippen MR) is 87.4 cm³/mol. The summed E-state index contributed by atoms with van der Waals surface area (Å²) in [4.78, 5) is 20.2. The minimum absolute atomic E-state index is 0.235. The second-order valence-corrected chi connectivity index (χ2v) is 5.08. The van der Waals surface area contributed by atoms with Gasteiger partial charge in [-0.15, -0.1) is 0 Å². The molecule has 0 spiro atoms. The number of rotatable bonds is 7. The highest BCUT2D eigenvalue weighted by molar-refractivity contribution is 5.92. The Morgan fingerprint density at radius 1 is 1.21 bits per heavy atom. The van der Waals surface area contributed by atoms with Gasteiger partial charge in [-0.3, -0.25) is 19.9 Å². The smallest absolute Gasteiger partial charge is 0.271 e. The maximum atomic E-state index is 12.1. The summed E-state index contributed by atoms with van der Waals surface area (Å²) in [5.41, 5.74) is 1.90. The predicted octanol–water partition coefficient (Wildman–Crippen LogP) is 1.75. The number of H-pyrrole nitrogens is 1. The summed E-state index contributed by atoms with van der Waals surface area (Å²) in [6.07, 6.45) is 5.54. The molecule has 2 heterocycles. The van der Waals surface area contributed by atoms with Gasteiger partial charge in [0.25, 0.3) is 5.91 Å². The molecule has 0 fully saturated rings. The molecule has 3 aromatic rings. The number of aromatic nitrogens is 4. The molecule has 3 rings (SSSR count). The molecule has 0 atom stereocenters. The van der Waals surface area contributed by atoms with Crippen molar-refractivity contribution >= 4 is 5.91 Å². The summed E-state index contributed by atoms with van der Waals surface area (Å²) in [6, 6.07) is 11.1. The van der Waals surface area contributed by atoms with Gasteiger partial charge in [-0.25, -0.2) is 0 Å². The molecule has 122 valence electrons. The van der Waals surface area contributed by atoms with Crippen molar-refractivity contribution in [2.24, 2.45) is 0 Å². The van der Waals surface area contributed by atoms with Crippen LogP contribution in [0.5, 0.6) is 5.75 Å². The SMILES string of the molecule is O=C(NCCc1cnccn1)c1cc(COc2ccccc2)[nH]n1. The van der Waals surface area contributed by atoms with Crippen molar-refractivity contribution in [1.29, 1.82) is 0 Å². The molecule has 1 amide bonds. The van der Waals surface area contributed by atoms with Gasteiger partial charge < -0.3 is 10.1 Å². The molecule has 7 nitrogen and oxygen atoms in total. The Morgan fingerprint density at radius 3 is 2.88 bits per heavy atom. The number of nitrogens with zero attached hydrogens (tertiary/aromatic N) is 3. The van der Waals surface area contributed by atoms with E-state index in [-0.39, 0.29) is 5.91 Å². The van der Waals surface area contributed by atoms with Crippen LogP contribution >= 0.6 is 0 Å². The molecule has 0 unspecified atom stereocenters. The van der Waals surface area contributed by atoms with E-state index in [1.807, 2.05) is 30.3 Å². The van der Waals surface area contributed by atoms with Crippen LogP contribution in [0.3, 0.4) is 0 Å². The Bertz CT molecular complexity index is 774. The van der Waals surface area contributed by atoms with Crippen LogP contribution < -0.4 is 10.1 Å². The zero-order valence-corrected chi connectivity index (χ0v) is 13.0. The number of benzene rings is 1. The first-order valence-electron chi connectivity index (χ1n) is 7.56. The average Bonchev–Trinajstić information content (AvgIpc) is 3.11. The third-order valence-electron chi connectivity index (χ3n) is 3.28. The van der Waals surface area contributed by atoms with Crippen LogP contribution in [0.15, 0.2) is 55.0 Å². The van der Waals surface area contributed by atoms with Crippen LogP contribution in [0.1, 0.15) is 21.9 Å². The van der Waals surface area contributed by atoms with E-state index in [0.29, 0.717) is 25.3 Å². The number of para-hydroxylation sites is 1. The van der Waals surface area contributed by atoms with E-state index < -0.39 is 0 Å².